The number of rotatable bonds is 8. The Labute approximate surface area is 112 Å². The summed E-state index contributed by atoms with van der Waals surface area (Å²) in [5.41, 5.74) is 4.10. The van der Waals surface area contributed by atoms with Crippen LogP contribution in [0.15, 0.2) is 18.2 Å². The van der Waals surface area contributed by atoms with E-state index in [1.54, 1.807) is 0 Å². The summed E-state index contributed by atoms with van der Waals surface area (Å²) in [7, 11) is 0. The van der Waals surface area contributed by atoms with Gasteiger partial charge in [-0.2, -0.15) is 0 Å². The Morgan fingerprint density at radius 3 is 2.17 bits per heavy atom. The zero-order chi connectivity index (χ0) is 13.4. The molecule has 0 amide bonds. The van der Waals surface area contributed by atoms with Crippen molar-refractivity contribution in [2.45, 2.75) is 40.7 Å². The molecule has 0 aliphatic rings. The van der Waals surface area contributed by atoms with E-state index in [9.17, 15) is 0 Å². The van der Waals surface area contributed by atoms with Crippen LogP contribution in [0.5, 0.6) is 0 Å². The number of benzene rings is 1. The Bertz CT molecular complexity index is 325. The average molecular weight is 248 g/mol. The lowest BCUT2D eigenvalue weighted by Crippen LogP contribution is -2.24. The average Bonchev–Trinajstić information content (AvgIpc) is 2.26. The molecule has 2 N–H and O–H groups in total. The Kier molecular flexibility index (Phi) is 6.99. The third-order valence-corrected chi connectivity index (χ3v) is 2.87. The maximum atomic E-state index is 3.50. The highest BCUT2D eigenvalue weighted by Crippen LogP contribution is 2.08. The van der Waals surface area contributed by atoms with Crippen LogP contribution < -0.4 is 10.6 Å². The third kappa shape index (κ3) is 6.77. The third-order valence-electron chi connectivity index (χ3n) is 2.87. The van der Waals surface area contributed by atoms with Gasteiger partial charge in [-0.3, -0.25) is 0 Å². The molecule has 0 saturated heterocycles. The van der Waals surface area contributed by atoms with Crippen LogP contribution in [-0.2, 0) is 6.54 Å². The highest BCUT2D eigenvalue weighted by Gasteiger charge is 1.96. The number of nitrogens with one attached hydrogen (secondary N) is 2. The molecule has 18 heavy (non-hydrogen) atoms. The molecule has 1 aromatic rings. The quantitative estimate of drug-likeness (QED) is 0.691. The molecule has 0 saturated carbocycles. The van der Waals surface area contributed by atoms with Crippen molar-refractivity contribution in [1.29, 1.82) is 0 Å². The van der Waals surface area contributed by atoms with E-state index in [-0.39, 0.29) is 0 Å². The van der Waals surface area contributed by atoms with Crippen molar-refractivity contribution in [3.8, 4) is 0 Å². The monoisotopic (exact) mass is 248 g/mol. The lowest BCUT2D eigenvalue weighted by atomic mass is 10.1. The van der Waals surface area contributed by atoms with E-state index >= 15 is 0 Å². The molecular formula is C16H28N2. The molecule has 0 aromatic heterocycles. The SMILES string of the molecule is Cc1cc(C)cc(CNCCCNCC(C)C)c1. The maximum absolute atomic E-state index is 3.50. The van der Waals surface area contributed by atoms with Gasteiger partial charge in [-0.15, -0.1) is 0 Å². The fourth-order valence-electron chi connectivity index (χ4n) is 2.13. The van der Waals surface area contributed by atoms with Gasteiger partial charge >= 0.3 is 0 Å². The molecule has 2 nitrogen and oxygen atoms in total. The molecule has 0 bridgehead atoms. The van der Waals surface area contributed by atoms with Crippen LogP contribution in [0.1, 0.15) is 37.0 Å². The summed E-state index contributed by atoms with van der Waals surface area (Å²) in [6.45, 7) is 13.1. The minimum Gasteiger partial charge on any atom is -0.316 e. The normalized spacial score (nSPS) is 11.2. The van der Waals surface area contributed by atoms with Crippen LogP contribution >= 0.6 is 0 Å². The molecule has 0 unspecified atom stereocenters. The zero-order valence-corrected chi connectivity index (χ0v) is 12.3. The van der Waals surface area contributed by atoms with E-state index in [0.717, 1.165) is 32.1 Å². The van der Waals surface area contributed by atoms with Crippen molar-refractivity contribution < 1.29 is 0 Å². The van der Waals surface area contributed by atoms with E-state index in [0.29, 0.717) is 0 Å². The summed E-state index contributed by atoms with van der Waals surface area (Å²) < 4.78 is 0. The highest BCUT2D eigenvalue weighted by atomic mass is 14.9. The van der Waals surface area contributed by atoms with Crippen molar-refractivity contribution in [2.75, 3.05) is 19.6 Å². The summed E-state index contributed by atoms with van der Waals surface area (Å²) in [5.74, 6) is 0.744. The Morgan fingerprint density at radius 1 is 0.944 bits per heavy atom. The summed E-state index contributed by atoms with van der Waals surface area (Å²) in [5, 5.41) is 6.97. The Morgan fingerprint density at radius 2 is 1.56 bits per heavy atom. The molecular weight excluding hydrogens is 220 g/mol. The van der Waals surface area contributed by atoms with Gasteiger partial charge in [0.1, 0.15) is 0 Å². The van der Waals surface area contributed by atoms with Gasteiger partial charge in [0.05, 0.1) is 0 Å². The first-order valence-electron chi connectivity index (χ1n) is 7.06. The van der Waals surface area contributed by atoms with Gasteiger partial charge in [0.15, 0.2) is 0 Å². The molecule has 102 valence electrons. The van der Waals surface area contributed by atoms with Gasteiger partial charge in [0.2, 0.25) is 0 Å². The lowest BCUT2D eigenvalue weighted by Gasteiger charge is -2.09. The molecule has 1 aromatic carbocycles. The second kappa shape index (κ2) is 8.28. The predicted octanol–water partition coefficient (Wildman–Crippen LogP) is 3.03. The fourth-order valence-corrected chi connectivity index (χ4v) is 2.13. The number of aryl methyl sites for hydroxylation is 2. The maximum Gasteiger partial charge on any atom is 0.0205 e. The first kappa shape index (κ1) is 15.2. The van der Waals surface area contributed by atoms with E-state index in [4.69, 9.17) is 0 Å². The van der Waals surface area contributed by atoms with Crippen LogP contribution in [0.3, 0.4) is 0 Å². The standard InChI is InChI=1S/C16H28N2/c1-13(2)11-17-6-5-7-18-12-16-9-14(3)8-15(4)10-16/h8-10,13,17-18H,5-7,11-12H2,1-4H3. The van der Waals surface area contributed by atoms with E-state index in [2.05, 4.69) is 56.5 Å². The van der Waals surface area contributed by atoms with Crippen LogP contribution in [0.4, 0.5) is 0 Å². The first-order valence-corrected chi connectivity index (χ1v) is 7.06. The molecule has 0 fully saturated rings. The highest BCUT2D eigenvalue weighted by molar-refractivity contribution is 5.28. The van der Waals surface area contributed by atoms with E-state index in [1.165, 1.54) is 23.1 Å². The van der Waals surface area contributed by atoms with Crippen molar-refractivity contribution >= 4 is 0 Å². The largest absolute Gasteiger partial charge is 0.316 e. The van der Waals surface area contributed by atoms with Crippen LogP contribution in [0.2, 0.25) is 0 Å². The molecule has 1 rings (SSSR count). The summed E-state index contributed by atoms with van der Waals surface area (Å²) in [6, 6.07) is 6.74. The van der Waals surface area contributed by atoms with Crippen LogP contribution in [0, 0.1) is 19.8 Å². The molecule has 0 atom stereocenters. The second-order valence-electron chi connectivity index (χ2n) is 5.62. The first-order chi connectivity index (χ1) is 8.58. The van der Waals surface area contributed by atoms with E-state index in [1.807, 2.05) is 0 Å². The van der Waals surface area contributed by atoms with Gasteiger partial charge in [0.25, 0.3) is 0 Å². The fraction of sp³-hybridized carbons (Fsp3) is 0.625. The van der Waals surface area contributed by atoms with Crippen molar-refractivity contribution in [1.82, 2.24) is 10.6 Å². The zero-order valence-electron chi connectivity index (χ0n) is 12.3. The van der Waals surface area contributed by atoms with E-state index < -0.39 is 0 Å². The molecule has 2 heteroatoms. The molecule has 0 aliphatic carbocycles. The van der Waals surface area contributed by atoms with Crippen LogP contribution in [0.25, 0.3) is 0 Å². The smallest absolute Gasteiger partial charge is 0.0205 e. The molecule has 0 radical (unpaired) electrons. The van der Waals surface area contributed by atoms with Crippen molar-refractivity contribution in [3.63, 3.8) is 0 Å². The summed E-state index contributed by atoms with van der Waals surface area (Å²) in [4.78, 5) is 0. The van der Waals surface area contributed by atoms with Crippen LogP contribution in [-0.4, -0.2) is 19.6 Å². The second-order valence-corrected chi connectivity index (χ2v) is 5.62. The van der Waals surface area contributed by atoms with Crippen molar-refractivity contribution in [3.05, 3.63) is 34.9 Å². The number of hydrogen-bond acceptors (Lipinski definition) is 2. The topological polar surface area (TPSA) is 24.1 Å². The lowest BCUT2D eigenvalue weighted by molar-refractivity contribution is 0.530. The summed E-state index contributed by atoms with van der Waals surface area (Å²) in [6.07, 6.45) is 1.19. The molecule has 0 spiro atoms. The van der Waals surface area contributed by atoms with Gasteiger partial charge in [0, 0.05) is 6.54 Å². The minimum atomic E-state index is 0.744. The molecule has 0 aliphatic heterocycles. The minimum absolute atomic E-state index is 0.744. The van der Waals surface area contributed by atoms with Gasteiger partial charge in [-0.05, 0) is 51.4 Å². The van der Waals surface area contributed by atoms with Gasteiger partial charge in [-0.25, -0.2) is 0 Å². The Hall–Kier alpha value is -0.860. The van der Waals surface area contributed by atoms with Gasteiger partial charge < -0.3 is 10.6 Å². The Balaban J connectivity index is 2.10. The predicted molar refractivity (Wildman–Crippen MR) is 79.9 cm³/mol. The number of hydrogen-bond donors (Lipinski definition) is 2. The van der Waals surface area contributed by atoms with Gasteiger partial charge in [-0.1, -0.05) is 43.2 Å². The summed E-state index contributed by atoms with van der Waals surface area (Å²) >= 11 is 0. The van der Waals surface area contributed by atoms with Crippen molar-refractivity contribution in [2.24, 2.45) is 5.92 Å². The molecule has 0 heterocycles.